The highest BCUT2D eigenvalue weighted by atomic mass is 14.6. The number of rotatable bonds is 2. The molecular weight excluding hydrogens is 146 g/mol. The quantitative estimate of drug-likeness (QED) is 0.488. The molecule has 64 valence electrons. The summed E-state index contributed by atoms with van der Waals surface area (Å²) in [5, 5.41) is 0. The first kappa shape index (κ1) is 10.6. The van der Waals surface area contributed by atoms with Gasteiger partial charge < -0.3 is 5.73 Å². The molecule has 0 aromatic rings. The van der Waals surface area contributed by atoms with Crippen LogP contribution in [0.3, 0.4) is 0 Å². The number of hydrogen-bond donors (Lipinski definition) is 1. The molecule has 0 aliphatic rings. The second kappa shape index (κ2) is 4.46. The lowest BCUT2D eigenvalue weighted by Crippen LogP contribution is -1.97. The molecule has 0 aromatic carbocycles. The standard InChI is InChI=1S/C11H15N/c1-6-11(10(5)12)9(4)7-8(2)3/h1,7H,2,12H2,3-5H3/b9-7-,11-10-. The summed E-state index contributed by atoms with van der Waals surface area (Å²) in [6, 6.07) is 0. The Morgan fingerprint density at radius 1 is 1.42 bits per heavy atom. The normalized spacial score (nSPS) is 13.3. The van der Waals surface area contributed by atoms with E-state index in [4.69, 9.17) is 12.2 Å². The maximum atomic E-state index is 5.59. The molecule has 0 aliphatic heterocycles. The van der Waals surface area contributed by atoms with Crippen molar-refractivity contribution >= 4 is 0 Å². The average molecular weight is 161 g/mol. The highest BCUT2D eigenvalue weighted by molar-refractivity contribution is 5.47. The van der Waals surface area contributed by atoms with E-state index >= 15 is 0 Å². The summed E-state index contributed by atoms with van der Waals surface area (Å²) in [5.41, 5.74) is 8.99. The van der Waals surface area contributed by atoms with Gasteiger partial charge in [-0.2, -0.15) is 0 Å². The molecule has 12 heavy (non-hydrogen) atoms. The summed E-state index contributed by atoms with van der Waals surface area (Å²) in [7, 11) is 0. The van der Waals surface area contributed by atoms with E-state index in [1.54, 1.807) is 6.92 Å². The van der Waals surface area contributed by atoms with E-state index in [9.17, 15) is 0 Å². The summed E-state index contributed by atoms with van der Waals surface area (Å²) in [6.07, 6.45) is 7.21. The van der Waals surface area contributed by atoms with Gasteiger partial charge in [-0.15, -0.1) is 6.42 Å². The zero-order valence-electron chi connectivity index (χ0n) is 7.94. The van der Waals surface area contributed by atoms with Gasteiger partial charge in [-0.3, -0.25) is 0 Å². The fourth-order valence-corrected chi connectivity index (χ4v) is 0.980. The van der Waals surface area contributed by atoms with E-state index < -0.39 is 0 Å². The minimum atomic E-state index is 0.674. The average Bonchev–Trinajstić information content (AvgIpc) is 1.85. The molecule has 0 saturated heterocycles. The molecule has 0 spiro atoms. The lowest BCUT2D eigenvalue weighted by atomic mass is 10.0. The fourth-order valence-electron chi connectivity index (χ4n) is 0.980. The molecule has 0 amide bonds. The fraction of sp³-hybridized carbons (Fsp3) is 0.273. The summed E-state index contributed by atoms with van der Waals surface area (Å²) >= 11 is 0. The Morgan fingerprint density at radius 3 is 2.17 bits per heavy atom. The molecule has 0 aromatic heterocycles. The molecule has 0 rings (SSSR count). The van der Waals surface area contributed by atoms with E-state index in [2.05, 4.69) is 12.5 Å². The van der Waals surface area contributed by atoms with Crippen molar-refractivity contribution in [1.82, 2.24) is 0 Å². The maximum Gasteiger partial charge on any atom is 0.0456 e. The minimum Gasteiger partial charge on any atom is -0.401 e. The van der Waals surface area contributed by atoms with Gasteiger partial charge in [0.1, 0.15) is 0 Å². The molecule has 0 bridgehead atoms. The molecular formula is C11H15N. The third-order valence-corrected chi connectivity index (χ3v) is 1.40. The van der Waals surface area contributed by atoms with Crippen LogP contribution in [0.15, 0.2) is 35.1 Å². The molecule has 2 N–H and O–H groups in total. The first-order chi connectivity index (χ1) is 5.49. The molecule has 0 saturated carbocycles. The van der Waals surface area contributed by atoms with Crippen LogP contribution in [0.5, 0.6) is 0 Å². The smallest absolute Gasteiger partial charge is 0.0456 e. The lowest BCUT2D eigenvalue weighted by molar-refractivity contribution is 1.24. The Morgan fingerprint density at radius 2 is 1.92 bits per heavy atom. The molecule has 0 atom stereocenters. The first-order valence-electron chi connectivity index (χ1n) is 3.76. The first-order valence-corrected chi connectivity index (χ1v) is 3.76. The molecule has 1 heteroatoms. The summed E-state index contributed by atoms with van der Waals surface area (Å²) < 4.78 is 0. The van der Waals surface area contributed by atoms with E-state index in [0.29, 0.717) is 5.70 Å². The van der Waals surface area contributed by atoms with E-state index in [0.717, 1.165) is 16.7 Å². The molecule has 0 aliphatic carbocycles. The Bertz CT molecular complexity index is 281. The van der Waals surface area contributed by atoms with Crippen LogP contribution >= 0.6 is 0 Å². The van der Waals surface area contributed by atoms with Crippen molar-refractivity contribution in [2.24, 2.45) is 5.73 Å². The third kappa shape index (κ3) is 3.12. The van der Waals surface area contributed by atoms with Crippen LogP contribution in [0.1, 0.15) is 20.8 Å². The van der Waals surface area contributed by atoms with Crippen molar-refractivity contribution in [3.05, 3.63) is 35.1 Å². The number of hydrogen-bond acceptors (Lipinski definition) is 1. The second-order valence-electron chi connectivity index (χ2n) is 2.88. The maximum absolute atomic E-state index is 5.59. The molecule has 0 heterocycles. The predicted molar refractivity (Wildman–Crippen MR) is 54.3 cm³/mol. The van der Waals surface area contributed by atoms with Crippen LogP contribution in [0, 0.1) is 12.3 Å². The third-order valence-electron chi connectivity index (χ3n) is 1.40. The summed E-state index contributed by atoms with van der Waals surface area (Å²) in [5.74, 6) is 2.55. The van der Waals surface area contributed by atoms with Gasteiger partial charge in [0.05, 0.1) is 0 Å². The van der Waals surface area contributed by atoms with E-state index in [1.165, 1.54) is 0 Å². The van der Waals surface area contributed by atoms with Crippen molar-refractivity contribution in [3.63, 3.8) is 0 Å². The van der Waals surface area contributed by atoms with Gasteiger partial charge >= 0.3 is 0 Å². The number of allylic oxidation sites excluding steroid dienone is 5. The van der Waals surface area contributed by atoms with Crippen LogP contribution in [0.25, 0.3) is 0 Å². The molecule has 0 fully saturated rings. The summed E-state index contributed by atoms with van der Waals surface area (Å²) in [4.78, 5) is 0. The lowest BCUT2D eigenvalue weighted by Gasteiger charge is -2.02. The van der Waals surface area contributed by atoms with Crippen LogP contribution in [0.4, 0.5) is 0 Å². The Hall–Kier alpha value is -1.42. The van der Waals surface area contributed by atoms with E-state index in [1.807, 2.05) is 19.9 Å². The number of terminal acetylenes is 1. The topological polar surface area (TPSA) is 26.0 Å². The monoisotopic (exact) mass is 161 g/mol. The van der Waals surface area contributed by atoms with Gasteiger partial charge in [0.15, 0.2) is 0 Å². The van der Waals surface area contributed by atoms with Gasteiger partial charge in [0.25, 0.3) is 0 Å². The van der Waals surface area contributed by atoms with Gasteiger partial charge in [-0.05, 0) is 26.3 Å². The van der Waals surface area contributed by atoms with Crippen LogP contribution in [-0.4, -0.2) is 0 Å². The highest BCUT2D eigenvalue weighted by Crippen LogP contribution is 2.12. The molecule has 0 radical (unpaired) electrons. The predicted octanol–water partition coefficient (Wildman–Crippen LogP) is 2.37. The van der Waals surface area contributed by atoms with Gasteiger partial charge in [-0.1, -0.05) is 24.1 Å². The Kier molecular flexibility index (Phi) is 3.93. The van der Waals surface area contributed by atoms with Crippen molar-refractivity contribution in [2.45, 2.75) is 20.8 Å². The summed E-state index contributed by atoms with van der Waals surface area (Å²) in [6.45, 7) is 9.41. The molecule has 1 nitrogen and oxygen atoms in total. The SMILES string of the molecule is C#CC(/C(C)=C\C(=C)C)=C(\C)N. The zero-order valence-corrected chi connectivity index (χ0v) is 7.94. The van der Waals surface area contributed by atoms with Crippen molar-refractivity contribution in [1.29, 1.82) is 0 Å². The Balaban J connectivity index is 4.95. The van der Waals surface area contributed by atoms with Crippen molar-refractivity contribution in [2.75, 3.05) is 0 Å². The van der Waals surface area contributed by atoms with E-state index in [-0.39, 0.29) is 0 Å². The largest absolute Gasteiger partial charge is 0.401 e. The van der Waals surface area contributed by atoms with Crippen molar-refractivity contribution in [3.8, 4) is 12.3 Å². The van der Waals surface area contributed by atoms with Gasteiger partial charge in [0, 0.05) is 11.3 Å². The number of nitrogens with two attached hydrogens (primary N) is 1. The van der Waals surface area contributed by atoms with Crippen molar-refractivity contribution < 1.29 is 0 Å². The van der Waals surface area contributed by atoms with Crippen LogP contribution < -0.4 is 5.73 Å². The van der Waals surface area contributed by atoms with Crippen LogP contribution in [0.2, 0.25) is 0 Å². The Labute approximate surface area is 74.7 Å². The van der Waals surface area contributed by atoms with Gasteiger partial charge in [-0.25, -0.2) is 0 Å². The zero-order chi connectivity index (χ0) is 9.72. The minimum absolute atomic E-state index is 0.674. The van der Waals surface area contributed by atoms with Crippen LogP contribution in [-0.2, 0) is 0 Å². The highest BCUT2D eigenvalue weighted by Gasteiger charge is 1.98. The molecule has 0 unspecified atom stereocenters. The van der Waals surface area contributed by atoms with Gasteiger partial charge in [0.2, 0.25) is 0 Å². The second-order valence-corrected chi connectivity index (χ2v) is 2.88.